The lowest BCUT2D eigenvalue weighted by Gasteiger charge is -1.98. The summed E-state index contributed by atoms with van der Waals surface area (Å²) >= 11 is 3.00. The van der Waals surface area contributed by atoms with Crippen LogP contribution in [0.25, 0.3) is 0 Å². The van der Waals surface area contributed by atoms with Crippen molar-refractivity contribution in [3.05, 3.63) is 34.1 Å². The molecule has 0 amide bonds. The van der Waals surface area contributed by atoms with E-state index in [0.717, 1.165) is 6.07 Å². The Hall–Kier alpha value is -0.410. The maximum Gasteiger partial charge on any atom is 0.123 e. The second-order valence-electron chi connectivity index (χ2n) is 1.74. The molecule has 0 aliphatic heterocycles. The van der Waals surface area contributed by atoms with Crippen LogP contribution in [0.3, 0.4) is 0 Å². The van der Waals surface area contributed by atoms with Crippen molar-refractivity contribution >= 4 is 15.9 Å². The first-order valence-corrected chi connectivity index (χ1v) is 3.38. The fourth-order valence-corrected chi connectivity index (χ4v) is 0.918. The minimum Gasteiger partial charge on any atom is -0.392 e. The zero-order valence-electron chi connectivity index (χ0n) is 6.94. The molecule has 0 spiro atoms. The average molecular weight is 207 g/mol. The molecule has 1 aromatic carbocycles. The van der Waals surface area contributed by atoms with Gasteiger partial charge in [0.2, 0.25) is 0 Å². The largest absolute Gasteiger partial charge is 0.392 e. The molecule has 0 saturated heterocycles. The molecule has 0 aromatic heterocycles. The first-order valence-electron chi connectivity index (χ1n) is 3.59. The Morgan fingerprint density at radius 2 is 2.40 bits per heavy atom. The van der Waals surface area contributed by atoms with Crippen LogP contribution < -0.4 is 0 Å². The van der Waals surface area contributed by atoms with Crippen molar-refractivity contribution in [2.75, 3.05) is 0 Å². The predicted octanol–water partition coefficient (Wildman–Crippen LogP) is 2.08. The first-order chi connectivity index (χ1) is 5.41. The van der Waals surface area contributed by atoms with Crippen molar-refractivity contribution in [1.82, 2.24) is 0 Å². The highest BCUT2D eigenvalue weighted by atomic mass is 79.9. The molecule has 0 heterocycles. The molecule has 0 fully saturated rings. The summed E-state index contributed by atoms with van der Waals surface area (Å²) in [5.41, 5.74) is -0.109. The van der Waals surface area contributed by atoms with E-state index in [4.69, 9.17) is 7.85 Å². The number of hydrogen-bond donors (Lipinski definition) is 1. The molecule has 1 aromatic rings. The number of rotatable bonds is 1. The zero-order chi connectivity index (χ0) is 9.35. The van der Waals surface area contributed by atoms with Crippen LogP contribution >= 0.6 is 15.9 Å². The van der Waals surface area contributed by atoms with Crippen LogP contribution in [0.15, 0.2) is 22.7 Å². The lowest BCUT2D eigenvalue weighted by Crippen LogP contribution is -1.85. The van der Waals surface area contributed by atoms with Crippen molar-refractivity contribution in [1.29, 1.82) is 0 Å². The second-order valence-corrected chi connectivity index (χ2v) is 2.59. The molecule has 54 valence electrons. The Balaban J connectivity index is 3.23. The van der Waals surface area contributed by atoms with Crippen molar-refractivity contribution in [2.24, 2.45) is 0 Å². The molecule has 0 saturated carbocycles. The number of halogens is 2. The molecular weight excluding hydrogens is 199 g/mol. The van der Waals surface area contributed by atoms with Crippen LogP contribution in [-0.2, 0) is 6.56 Å². The summed E-state index contributed by atoms with van der Waals surface area (Å²) in [6.45, 7) is -2.51. The van der Waals surface area contributed by atoms with Gasteiger partial charge in [0, 0.05) is 4.47 Å². The Morgan fingerprint density at radius 3 is 2.90 bits per heavy atom. The maximum atomic E-state index is 12.6. The predicted molar refractivity (Wildman–Crippen MR) is 40.0 cm³/mol. The standard InChI is InChI=1S/C7H6BrFO/c8-7-2-1-6(9)3-5(7)4-10/h1-3,10H,4H2/i4D2. The molecule has 0 unspecified atom stereocenters. The zero-order valence-corrected chi connectivity index (χ0v) is 6.52. The third-order valence-corrected chi connectivity index (χ3v) is 1.74. The lowest BCUT2D eigenvalue weighted by atomic mass is 10.2. The molecule has 0 atom stereocenters. The molecule has 0 radical (unpaired) electrons. The van der Waals surface area contributed by atoms with Gasteiger partial charge in [-0.25, -0.2) is 4.39 Å². The first kappa shape index (κ1) is 5.27. The number of hydrogen-bond acceptors (Lipinski definition) is 1. The summed E-state index contributed by atoms with van der Waals surface area (Å²) in [7, 11) is 0. The van der Waals surface area contributed by atoms with Gasteiger partial charge in [-0.2, -0.15) is 0 Å². The van der Waals surface area contributed by atoms with Crippen LogP contribution in [0.2, 0.25) is 0 Å². The van der Waals surface area contributed by atoms with Gasteiger partial charge in [0.1, 0.15) is 5.82 Å². The molecule has 0 bridgehead atoms. The van der Waals surface area contributed by atoms with Gasteiger partial charge in [-0.05, 0) is 23.8 Å². The number of aliphatic hydroxyl groups is 1. The SMILES string of the molecule is [2H]C([2H])(O)c1cc(F)ccc1Br. The highest BCUT2D eigenvalue weighted by Gasteiger charge is 1.98. The fraction of sp³-hybridized carbons (Fsp3) is 0.143. The summed E-state index contributed by atoms with van der Waals surface area (Å²) in [6, 6.07) is 3.47. The van der Waals surface area contributed by atoms with E-state index in [1.165, 1.54) is 12.1 Å². The summed E-state index contributed by atoms with van der Waals surface area (Å²) in [6.07, 6.45) is 0. The summed E-state index contributed by atoms with van der Waals surface area (Å²) in [5, 5.41) is 8.93. The maximum absolute atomic E-state index is 12.6. The van der Waals surface area contributed by atoms with Crippen molar-refractivity contribution < 1.29 is 12.2 Å². The van der Waals surface area contributed by atoms with Gasteiger partial charge in [-0.15, -0.1) is 0 Å². The third kappa shape index (κ3) is 1.55. The van der Waals surface area contributed by atoms with E-state index in [1.807, 2.05) is 0 Å². The molecule has 1 nitrogen and oxygen atoms in total. The summed E-state index contributed by atoms with van der Waals surface area (Å²) < 4.78 is 26.8. The smallest absolute Gasteiger partial charge is 0.123 e. The monoisotopic (exact) mass is 206 g/mol. The third-order valence-electron chi connectivity index (χ3n) is 1.05. The van der Waals surface area contributed by atoms with Gasteiger partial charge in [0.05, 0.1) is 9.30 Å². The molecule has 1 rings (SSSR count). The highest BCUT2D eigenvalue weighted by molar-refractivity contribution is 9.10. The number of benzene rings is 1. The fourth-order valence-electron chi connectivity index (χ4n) is 0.583. The average Bonchev–Trinajstić information content (AvgIpc) is 1.92. The van der Waals surface area contributed by atoms with Gasteiger partial charge >= 0.3 is 0 Å². The molecule has 3 heteroatoms. The van der Waals surface area contributed by atoms with E-state index >= 15 is 0 Å². The van der Waals surface area contributed by atoms with Gasteiger partial charge < -0.3 is 5.11 Å². The van der Waals surface area contributed by atoms with Crippen molar-refractivity contribution in [3.8, 4) is 0 Å². The van der Waals surface area contributed by atoms with E-state index in [1.54, 1.807) is 0 Å². The molecule has 0 aliphatic carbocycles. The molecular formula is C7H6BrFO. The van der Waals surface area contributed by atoms with E-state index in [2.05, 4.69) is 15.9 Å². The van der Waals surface area contributed by atoms with E-state index in [-0.39, 0.29) is 5.56 Å². The Kier molecular flexibility index (Phi) is 1.64. The molecule has 1 N–H and O–H groups in total. The van der Waals surface area contributed by atoms with E-state index < -0.39 is 12.4 Å². The van der Waals surface area contributed by atoms with Crippen molar-refractivity contribution in [3.63, 3.8) is 0 Å². The summed E-state index contributed by atoms with van der Waals surface area (Å²) in [4.78, 5) is 0. The lowest BCUT2D eigenvalue weighted by molar-refractivity contribution is 0.280. The van der Waals surface area contributed by atoms with Crippen molar-refractivity contribution in [2.45, 2.75) is 6.56 Å². The van der Waals surface area contributed by atoms with Gasteiger partial charge in [0.25, 0.3) is 0 Å². The molecule has 10 heavy (non-hydrogen) atoms. The van der Waals surface area contributed by atoms with Gasteiger partial charge in [-0.1, -0.05) is 15.9 Å². The van der Waals surface area contributed by atoms with Crippen LogP contribution in [0, 0.1) is 5.82 Å². The van der Waals surface area contributed by atoms with Crippen LogP contribution in [0.4, 0.5) is 4.39 Å². The minimum absolute atomic E-state index is 0.109. The Labute approximate surface area is 69.4 Å². The van der Waals surface area contributed by atoms with E-state index in [0.29, 0.717) is 4.47 Å². The van der Waals surface area contributed by atoms with Crippen LogP contribution in [0.5, 0.6) is 0 Å². The summed E-state index contributed by atoms with van der Waals surface area (Å²) in [5.74, 6) is -0.578. The minimum atomic E-state index is -2.51. The highest BCUT2D eigenvalue weighted by Crippen LogP contribution is 2.17. The van der Waals surface area contributed by atoms with Crippen LogP contribution in [-0.4, -0.2) is 5.11 Å². The van der Waals surface area contributed by atoms with Gasteiger partial charge in [-0.3, -0.25) is 0 Å². The second kappa shape index (κ2) is 3.12. The topological polar surface area (TPSA) is 20.2 Å². The quantitative estimate of drug-likeness (QED) is 0.747. The van der Waals surface area contributed by atoms with Crippen LogP contribution in [0.1, 0.15) is 8.30 Å². The van der Waals surface area contributed by atoms with E-state index in [9.17, 15) is 4.39 Å². The normalized spacial score (nSPS) is 14.3. The van der Waals surface area contributed by atoms with Gasteiger partial charge in [0.15, 0.2) is 0 Å². The molecule has 0 aliphatic rings. The Bertz CT molecular complexity index is 298. The Morgan fingerprint density at radius 1 is 1.70 bits per heavy atom.